The summed E-state index contributed by atoms with van der Waals surface area (Å²) >= 11 is 0. The van der Waals surface area contributed by atoms with Crippen LogP contribution in [0.4, 0.5) is 0 Å². The van der Waals surface area contributed by atoms with Crippen molar-refractivity contribution in [1.29, 1.82) is 0 Å². The summed E-state index contributed by atoms with van der Waals surface area (Å²) in [6.45, 7) is 4.20. The molecule has 31 heavy (non-hydrogen) atoms. The van der Waals surface area contributed by atoms with Gasteiger partial charge in [-0.3, -0.25) is 4.98 Å². The van der Waals surface area contributed by atoms with Gasteiger partial charge < -0.3 is 9.64 Å². The molecule has 0 spiro atoms. The third-order valence-corrected chi connectivity index (χ3v) is 7.31. The Bertz CT molecular complexity index is 1080. The summed E-state index contributed by atoms with van der Waals surface area (Å²) in [5, 5.41) is 1.53. The van der Waals surface area contributed by atoms with Gasteiger partial charge in [-0.05, 0) is 62.5 Å². The van der Waals surface area contributed by atoms with Crippen LogP contribution in [0.15, 0.2) is 71.9 Å². The normalized spacial score (nSPS) is 15.9. The molecule has 2 heterocycles. The second-order valence-electron chi connectivity index (χ2n) is 8.00. The van der Waals surface area contributed by atoms with Crippen LogP contribution in [0, 0.1) is 5.92 Å². The highest BCUT2D eigenvalue weighted by molar-refractivity contribution is 7.89. The number of rotatable bonds is 9. The Morgan fingerprint density at radius 3 is 2.65 bits per heavy atom. The van der Waals surface area contributed by atoms with Gasteiger partial charge in [-0.2, -0.15) is 0 Å². The largest absolute Gasteiger partial charge is 0.494 e. The molecule has 164 valence electrons. The quantitative estimate of drug-likeness (QED) is 0.515. The second-order valence-corrected chi connectivity index (χ2v) is 9.74. The molecule has 4 rings (SSSR count). The van der Waals surface area contributed by atoms with Gasteiger partial charge in [0.1, 0.15) is 5.75 Å². The highest BCUT2D eigenvalue weighted by atomic mass is 32.2. The van der Waals surface area contributed by atoms with E-state index in [4.69, 9.17) is 4.74 Å². The molecule has 1 aromatic heterocycles. The first-order chi connectivity index (χ1) is 15.1. The number of fused-ring (bicyclic) bond motifs is 1. The maximum absolute atomic E-state index is 12.9. The van der Waals surface area contributed by atoms with Crippen molar-refractivity contribution < 1.29 is 13.2 Å². The molecular formula is C24H29N3O3S. The Hall–Kier alpha value is -2.48. The number of nitrogens with one attached hydrogen (secondary N) is 1. The van der Waals surface area contributed by atoms with E-state index in [0.29, 0.717) is 29.4 Å². The molecule has 0 bridgehead atoms. The van der Waals surface area contributed by atoms with Crippen molar-refractivity contribution in [3.05, 3.63) is 67.0 Å². The summed E-state index contributed by atoms with van der Waals surface area (Å²) in [4.78, 5) is 6.84. The predicted octanol–water partition coefficient (Wildman–Crippen LogP) is 3.69. The van der Waals surface area contributed by atoms with Crippen LogP contribution in [0.5, 0.6) is 5.75 Å². The molecule has 1 N–H and O–H groups in total. The van der Waals surface area contributed by atoms with Gasteiger partial charge in [0.2, 0.25) is 10.0 Å². The van der Waals surface area contributed by atoms with Gasteiger partial charge in [0.15, 0.2) is 0 Å². The number of nitrogens with zero attached hydrogens (tertiary/aromatic N) is 2. The molecule has 1 fully saturated rings. The molecule has 1 aliphatic rings. The van der Waals surface area contributed by atoms with Crippen LogP contribution < -0.4 is 9.46 Å². The molecular weight excluding hydrogens is 410 g/mol. The number of hydrogen-bond acceptors (Lipinski definition) is 5. The minimum absolute atomic E-state index is 0.322. The van der Waals surface area contributed by atoms with Crippen LogP contribution in [-0.2, 0) is 10.0 Å². The van der Waals surface area contributed by atoms with E-state index in [2.05, 4.69) is 14.6 Å². The number of likely N-dealkylation sites (tertiary alicyclic amines) is 1. The summed E-state index contributed by atoms with van der Waals surface area (Å²) in [7, 11) is -3.55. The van der Waals surface area contributed by atoms with Crippen LogP contribution in [0.3, 0.4) is 0 Å². The average Bonchev–Trinajstić information content (AvgIpc) is 2.81. The van der Waals surface area contributed by atoms with Crippen LogP contribution in [0.1, 0.15) is 19.3 Å². The van der Waals surface area contributed by atoms with Crippen molar-refractivity contribution in [1.82, 2.24) is 14.6 Å². The lowest BCUT2D eigenvalue weighted by Gasteiger charge is -2.32. The number of benzene rings is 2. The first kappa shape index (κ1) is 21.7. The molecule has 7 heteroatoms. The summed E-state index contributed by atoms with van der Waals surface area (Å²) in [5.41, 5.74) is 0. The topological polar surface area (TPSA) is 71.5 Å². The molecule has 0 amide bonds. The maximum atomic E-state index is 12.9. The third-order valence-electron chi connectivity index (χ3n) is 5.83. The summed E-state index contributed by atoms with van der Waals surface area (Å²) in [6.07, 6.45) is 6.31. The molecule has 0 radical (unpaired) electrons. The number of ether oxygens (including phenoxy) is 1. The lowest BCUT2D eigenvalue weighted by atomic mass is 9.97. The van der Waals surface area contributed by atoms with Gasteiger partial charge in [0.05, 0.1) is 11.5 Å². The minimum atomic E-state index is -3.55. The standard InChI is InChI=1S/C24H29N3O3S/c28-31(29,24-9-4-6-21-19-25-13-10-23(21)24)26-18-20-11-15-27(16-12-20)14-5-17-30-22-7-2-1-3-8-22/h1-4,6-10,13,19-20,26H,5,11-12,14-18H2. The monoisotopic (exact) mass is 439 g/mol. The first-order valence-corrected chi connectivity index (χ1v) is 12.3. The Labute approximate surface area is 184 Å². The van der Waals surface area contributed by atoms with Crippen LogP contribution >= 0.6 is 0 Å². The van der Waals surface area contributed by atoms with E-state index in [1.165, 1.54) is 0 Å². The number of pyridine rings is 1. The number of aromatic nitrogens is 1. The molecule has 1 aliphatic heterocycles. The zero-order valence-electron chi connectivity index (χ0n) is 17.6. The molecule has 6 nitrogen and oxygen atoms in total. The van der Waals surface area contributed by atoms with E-state index < -0.39 is 10.0 Å². The third kappa shape index (κ3) is 5.81. The highest BCUT2D eigenvalue weighted by Gasteiger charge is 2.22. The fourth-order valence-electron chi connectivity index (χ4n) is 4.04. The van der Waals surface area contributed by atoms with Crippen LogP contribution in [-0.4, -0.2) is 51.1 Å². The smallest absolute Gasteiger partial charge is 0.241 e. The first-order valence-electron chi connectivity index (χ1n) is 10.8. The van der Waals surface area contributed by atoms with Gasteiger partial charge in [-0.1, -0.05) is 30.3 Å². The molecule has 0 atom stereocenters. The van der Waals surface area contributed by atoms with E-state index in [0.717, 1.165) is 50.0 Å². The number of piperidine rings is 1. The fourth-order valence-corrected chi connectivity index (χ4v) is 5.39. The van der Waals surface area contributed by atoms with Crippen molar-refractivity contribution in [2.75, 3.05) is 32.8 Å². The van der Waals surface area contributed by atoms with Crippen molar-refractivity contribution in [2.45, 2.75) is 24.2 Å². The van der Waals surface area contributed by atoms with Crippen LogP contribution in [0.2, 0.25) is 0 Å². The van der Waals surface area contributed by atoms with Crippen molar-refractivity contribution >= 4 is 20.8 Å². The van der Waals surface area contributed by atoms with E-state index >= 15 is 0 Å². The predicted molar refractivity (Wildman–Crippen MR) is 123 cm³/mol. The maximum Gasteiger partial charge on any atom is 0.241 e. The zero-order chi connectivity index (χ0) is 21.5. The fraction of sp³-hybridized carbons (Fsp3) is 0.375. The number of hydrogen-bond donors (Lipinski definition) is 1. The van der Waals surface area contributed by atoms with Crippen molar-refractivity contribution in [3.63, 3.8) is 0 Å². The van der Waals surface area contributed by atoms with Gasteiger partial charge >= 0.3 is 0 Å². The zero-order valence-corrected chi connectivity index (χ0v) is 18.4. The van der Waals surface area contributed by atoms with Crippen molar-refractivity contribution in [3.8, 4) is 5.75 Å². The number of para-hydroxylation sites is 1. The Morgan fingerprint density at radius 2 is 1.84 bits per heavy atom. The summed E-state index contributed by atoms with van der Waals surface area (Å²) < 4.78 is 34.4. The molecule has 0 unspecified atom stereocenters. The lowest BCUT2D eigenvalue weighted by Crippen LogP contribution is -2.39. The van der Waals surface area contributed by atoms with E-state index in [-0.39, 0.29) is 0 Å². The SMILES string of the molecule is O=S(=O)(NCC1CCN(CCCOc2ccccc2)CC1)c1cccc2cnccc12. The molecule has 0 aliphatic carbocycles. The van der Waals surface area contributed by atoms with Gasteiger partial charge in [-0.25, -0.2) is 13.1 Å². The minimum Gasteiger partial charge on any atom is -0.494 e. The molecule has 1 saturated heterocycles. The Kier molecular flexibility index (Phi) is 7.17. The van der Waals surface area contributed by atoms with Gasteiger partial charge in [-0.15, -0.1) is 0 Å². The molecule has 0 saturated carbocycles. The lowest BCUT2D eigenvalue weighted by molar-refractivity contribution is 0.172. The summed E-state index contributed by atoms with van der Waals surface area (Å²) in [5.74, 6) is 1.28. The van der Waals surface area contributed by atoms with E-state index in [1.807, 2.05) is 36.4 Å². The van der Waals surface area contributed by atoms with E-state index in [9.17, 15) is 8.42 Å². The van der Waals surface area contributed by atoms with Gasteiger partial charge in [0.25, 0.3) is 0 Å². The number of sulfonamides is 1. The summed E-state index contributed by atoms with van der Waals surface area (Å²) in [6, 6.07) is 16.9. The average molecular weight is 440 g/mol. The van der Waals surface area contributed by atoms with Gasteiger partial charge in [0, 0.05) is 36.3 Å². The molecule has 3 aromatic rings. The second kappa shape index (κ2) is 10.2. The van der Waals surface area contributed by atoms with Crippen molar-refractivity contribution in [2.24, 2.45) is 5.92 Å². The van der Waals surface area contributed by atoms with E-state index in [1.54, 1.807) is 30.6 Å². The van der Waals surface area contributed by atoms with Crippen LogP contribution in [0.25, 0.3) is 10.8 Å². The molecule has 2 aromatic carbocycles. The highest BCUT2D eigenvalue weighted by Crippen LogP contribution is 2.23. The Balaban J connectivity index is 1.21. The Morgan fingerprint density at radius 1 is 1.03 bits per heavy atom.